The monoisotopic (exact) mass is 303 g/mol. The molecule has 0 aromatic heterocycles. The number of hydrogen-bond acceptors (Lipinski definition) is 1. The molecule has 1 unspecified atom stereocenters. The van der Waals surface area contributed by atoms with Gasteiger partial charge < -0.3 is 4.90 Å². The van der Waals surface area contributed by atoms with E-state index in [1.807, 2.05) is 6.92 Å². The van der Waals surface area contributed by atoms with Crippen LogP contribution in [0.2, 0.25) is 0 Å². The Morgan fingerprint density at radius 1 is 1.41 bits per heavy atom. The molecule has 1 aliphatic heterocycles. The Bertz CT molecular complexity index is 441. The van der Waals surface area contributed by atoms with Crippen molar-refractivity contribution in [1.29, 1.82) is 0 Å². The van der Waals surface area contributed by atoms with E-state index in [-0.39, 0.29) is 22.0 Å². The van der Waals surface area contributed by atoms with Crippen LogP contribution < -0.4 is 0 Å². The summed E-state index contributed by atoms with van der Waals surface area (Å²) in [4.78, 5) is 13.7. The van der Waals surface area contributed by atoms with Gasteiger partial charge in [-0.2, -0.15) is 0 Å². The quantitative estimate of drug-likeness (QED) is 0.729. The van der Waals surface area contributed by atoms with Crippen LogP contribution >= 0.6 is 15.9 Å². The van der Waals surface area contributed by atoms with Crippen LogP contribution in [0.3, 0.4) is 0 Å². The highest BCUT2D eigenvalue weighted by Crippen LogP contribution is 2.24. The third-order valence-corrected chi connectivity index (χ3v) is 3.80. The Hall–Kier alpha value is -0.970. The molecule has 0 radical (unpaired) electrons. The first-order valence-electron chi connectivity index (χ1n) is 5.46. The van der Waals surface area contributed by atoms with Gasteiger partial charge in [-0.25, -0.2) is 8.78 Å². The maximum Gasteiger partial charge on any atom is 0.254 e. The summed E-state index contributed by atoms with van der Waals surface area (Å²) in [7, 11) is 0. The lowest BCUT2D eigenvalue weighted by Crippen LogP contribution is -2.33. The Morgan fingerprint density at radius 2 is 2.00 bits per heavy atom. The number of hydrogen-bond donors (Lipinski definition) is 0. The number of carbonyl (C=O) groups is 1. The summed E-state index contributed by atoms with van der Waals surface area (Å²) < 4.78 is 26.4. The van der Waals surface area contributed by atoms with Crippen molar-refractivity contribution in [3.05, 3.63) is 33.8 Å². The zero-order valence-electron chi connectivity index (χ0n) is 9.34. The van der Waals surface area contributed by atoms with E-state index >= 15 is 0 Å². The molecule has 1 heterocycles. The minimum absolute atomic E-state index is 0.0666. The lowest BCUT2D eigenvalue weighted by Gasteiger charge is -2.21. The highest BCUT2D eigenvalue weighted by molar-refractivity contribution is 9.10. The number of nitrogens with zero attached hydrogens (tertiary/aromatic N) is 1. The summed E-state index contributed by atoms with van der Waals surface area (Å²) >= 11 is 2.78. The van der Waals surface area contributed by atoms with Gasteiger partial charge in [-0.15, -0.1) is 0 Å². The predicted molar refractivity (Wildman–Crippen MR) is 63.8 cm³/mol. The number of carbonyl (C=O) groups excluding carboxylic acids is 1. The minimum atomic E-state index is -0.750. The van der Waals surface area contributed by atoms with Crippen molar-refractivity contribution in [2.75, 3.05) is 6.54 Å². The Morgan fingerprint density at radius 3 is 2.47 bits per heavy atom. The van der Waals surface area contributed by atoms with E-state index in [9.17, 15) is 13.6 Å². The molecule has 1 aliphatic rings. The summed E-state index contributed by atoms with van der Waals surface area (Å²) in [5.41, 5.74) is 0.0666. The van der Waals surface area contributed by atoms with Gasteiger partial charge >= 0.3 is 0 Å². The van der Waals surface area contributed by atoms with Crippen molar-refractivity contribution in [2.24, 2.45) is 0 Å². The highest BCUT2D eigenvalue weighted by atomic mass is 79.9. The Kier molecular flexibility index (Phi) is 3.47. The fourth-order valence-electron chi connectivity index (χ4n) is 2.08. The second-order valence-electron chi connectivity index (χ2n) is 4.24. The second kappa shape index (κ2) is 4.72. The van der Waals surface area contributed by atoms with E-state index in [4.69, 9.17) is 0 Å². The zero-order chi connectivity index (χ0) is 12.6. The smallest absolute Gasteiger partial charge is 0.254 e. The van der Waals surface area contributed by atoms with Crippen LogP contribution in [-0.4, -0.2) is 23.4 Å². The molecular formula is C12H12BrF2NO. The SMILES string of the molecule is CC1CCCN1C(=O)c1cc(F)c(Br)c(F)c1. The Balaban J connectivity index is 2.31. The van der Waals surface area contributed by atoms with E-state index < -0.39 is 11.6 Å². The average Bonchev–Trinajstić information content (AvgIpc) is 2.70. The molecule has 1 aromatic rings. The first-order chi connectivity index (χ1) is 8.00. The van der Waals surface area contributed by atoms with Crippen molar-refractivity contribution in [3.8, 4) is 0 Å². The molecule has 1 fully saturated rings. The molecule has 1 aromatic carbocycles. The molecular weight excluding hydrogens is 292 g/mol. The van der Waals surface area contributed by atoms with Gasteiger partial charge in [-0.05, 0) is 47.8 Å². The van der Waals surface area contributed by atoms with Crippen LogP contribution in [0.1, 0.15) is 30.1 Å². The number of rotatable bonds is 1. The van der Waals surface area contributed by atoms with Crippen LogP contribution in [0.5, 0.6) is 0 Å². The van der Waals surface area contributed by atoms with Crippen molar-refractivity contribution < 1.29 is 13.6 Å². The number of amides is 1. The Labute approximate surface area is 107 Å². The van der Waals surface area contributed by atoms with E-state index in [1.165, 1.54) is 0 Å². The first kappa shape index (κ1) is 12.5. The molecule has 0 N–H and O–H groups in total. The molecule has 0 saturated carbocycles. The molecule has 5 heteroatoms. The van der Waals surface area contributed by atoms with Gasteiger partial charge in [0.05, 0.1) is 4.47 Å². The third-order valence-electron chi connectivity index (χ3n) is 3.04. The van der Waals surface area contributed by atoms with E-state index in [0.29, 0.717) is 6.54 Å². The van der Waals surface area contributed by atoms with Crippen LogP contribution in [0.15, 0.2) is 16.6 Å². The summed E-state index contributed by atoms with van der Waals surface area (Å²) in [5.74, 6) is -1.80. The minimum Gasteiger partial charge on any atom is -0.336 e. The largest absolute Gasteiger partial charge is 0.336 e. The number of halogens is 3. The molecule has 17 heavy (non-hydrogen) atoms. The van der Waals surface area contributed by atoms with Gasteiger partial charge in [-0.3, -0.25) is 4.79 Å². The summed E-state index contributed by atoms with van der Waals surface area (Å²) in [6.07, 6.45) is 1.88. The predicted octanol–water partition coefficient (Wildman–Crippen LogP) is 3.35. The molecule has 0 bridgehead atoms. The van der Waals surface area contributed by atoms with E-state index in [2.05, 4.69) is 15.9 Å². The molecule has 1 amide bonds. The van der Waals surface area contributed by atoms with Crippen LogP contribution in [-0.2, 0) is 0 Å². The highest BCUT2D eigenvalue weighted by Gasteiger charge is 2.27. The van der Waals surface area contributed by atoms with Gasteiger partial charge in [0.1, 0.15) is 11.6 Å². The normalized spacial score (nSPS) is 19.8. The van der Waals surface area contributed by atoms with E-state index in [0.717, 1.165) is 25.0 Å². The molecule has 2 rings (SSSR count). The van der Waals surface area contributed by atoms with Gasteiger partial charge in [0.25, 0.3) is 5.91 Å². The fourth-order valence-corrected chi connectivity index (χ4v) is 2.31. The van der Waals surface area contributed by atoms with Crippen LogP contribution in [0.4, 0.5) is 8.78 Å². The molecule has 1 atom stereocenters. The second-order valence-corrected chi connectivity index (χ2v) is 5.04. The standard InChI is InChI=1S/C12H12BrF2NO/c1-7-3-2-4-16(7)12(17)8-5-9(14)11(13)10(15)6-8/h5-7H,2-4H2,1H3. The van der Waals surface area contributed by atoms with Gasteiger partial charge in [0.15, 0.2) is 0 Å². The van der Waals surface area contributed by atoms with Gasteiger partial charge in [0, 0.05) is 18.2 Å². The van der Waals surface area contributed by atoms with Crippen LogP contribution in [0, 0.1) is 11.6 Å². The van der Waals surface area contributed by atoms with Crippen molar-refractivity contribution >= 4 is 21.8 Å². The van der Waals surface area contributed by atoms with Gasteiger partial charge in [-0.1, -0.05) is 0 Å². The average molecular weight is 304 g/mol. The number of likely N-dealkylation sites (tertiary alicyclic amines) is 1. The van der Waals surface area contributed by atoms with Crippen molar-refractivity contribution in [2.45, 2.75) is 25.8 Å². The van der Waals surface area contributed by atoms with Crippen LogP contribution in [0.25, 0.3) is 0 Å². The van der Waals surface area contributed by atoms with Gasteiger partial charge in [0.2, 0.25) is 0 Å². The van der Waals surface area contributed by atoms with Crippen molar-refractivity contribution in [3.63, 3.8) is 0 Å². The molecule has 92 valence electrons. The lowest BCUT2D eigenvalue weighted by molar-refractivity contribution is 0.0746. The van der Waals surface area contributed by atoms with E-state index in [1.54, 1.807) is 4.90 Å². The summed E-state index contributed by atoms with van der Waals surface area (Å²) in [5, 5.41) is 0. The molecule has 1 saturated heterocycles. The lowest BCUT2D eigenvalue weighted by atomic mass is 10.1. The molecule has 0 spiro atoms. The maximum atomic E-state index is 13.3. The molecule has 2 nitrogen and oxygen atoms in total. The number of benzene rings is 1. The molecule has 0 aliphatic carbocycles. The third kappa shape index (κ3) is 2.34. The summed E-state index contributed by atoms with van der Waals surface area (Å²) in [6, 6.07) is 2.28. The summed E-state index contributed by atoms with van der Waals surface area (Å²) in [6.45, 7) is 2.59. The first-order valence-corrected chi connectivity index (χ1v) is 6.25. The zero-order valence-corrected chi connectivity index (χ0v) is 10.9. The van der Waals surface area contributed by atoms with Crippen molar-refractivity contribution in [1.82, 2.24) is 4.90 Å². The topological polar surface area (TPSA) is 20.3 Å². The fraction of sp³-hybridized carbons (Fsp3) is 0.417. The maximum absolute atomic E-state index is 13.3.